The Labute approximate surface area is 166 Å². The van der Waals surface area contributed by atoms with Crippen LogP contribution in [0.15, 0.2) is 58.9 Å². The van der Waals surface area contributed by atoms with Gasteiger partial charge in [-0.25, -0.2) is 8.42 Å². The van der Waals surface area contributed by atoms with Crippen molar-refractivity contribution in [2.45, 2.75) is 10.9 Å². The molecule has 0 unspecified atom stereocenters. The third-order valence-corrected chi connectivity index (χ3v) is 6.85. The van der Waals surface area contributed by atoms with E-state index in [1.165, 1.54) is 11.4 Å². The Bertz CT molecular complexity index is 1050. The van der Waals surface area contributed by atoms with Crippen molar-refractivity contribution in [3.8, 4) is 5.75 Å². The van der Waals surface area contributed by atoms with Crippen LogP contribution in [0.4, 0.5) is 5.13 Å². The molecule has 2 aromatic carbocycles. The van der Waals surface area contributed by atoms with Gasteiger partial charge in [0, 0.05) is 19.2 Å². The fourth-order valence-electron chi connectivity index (χ4n) is 2.33. The number of nitrogens with one attached hydrogen (secondary N) is 1. The Kier molecular flexibility index (Phi) is 6.02. The monoisotopic (exact) mass is 418 g/mol. The molecule has 0 bridgehead atoms. The second-order valence-corrected chi connectivity index (χ2v) is 9.00. The van der Waals surface area contributed by atoms with E-state index < -0.39 is 10.0 Å². The van der Waals surface area contributed by atoms with Gasteiger partial charge < -0.3 is 4.74 Å². The Morgan fingerprint density at radius 2 is 1.79 bits per heavy atom. The molecule has 10 heteroatoms. The van der Waals surface area contributed by atoms with Gasteiger partial charge in [-0.15, -0.1) is 10.2 Å². The van der Waals surface area contributed by atoms with E-state index in [9.17, 15) is 13.2 Å². The summed E-state index contributed by atoms with van der Waals surface area (Å²) in [6.45, 7) is 0.164. The predicted molar refractivity (Wildman–Crippen MR) is 106 cm³/mol. The fourth-order valence-corrected chi connectivity index (χ4v) is 4.57. The number of aromatic nitrogens is 2. The van der Waals surface area contributed by atoms with Crippen LogP contribution in [-0.4, -0.2) is 43.0 Å². The van der Waals surface area contributed by atoms with E-state index in [-0.39, 0.29) is 21.9 Å². The summed E-state index contributed by atoms with van der Waals surface area (Å²) < 4.78 is 31.5. The van der Waals surface area contributed by atoms with Crippen LogP contribution in [0.25, 0.3) is 0 Å². The largest absolute Gasteiger partial charge is 0.497 e. The van der Waals surface area contributed by atoms with Crippen LogP contribution < -0.4 is 10.1 Å². The van der Waals surface area contributed by atoms with Crippen LogP contribution >= 0.6 is 11.3 Å². The van der Waals surface area contributed by atoms with Crippen molar-refractivity contribution in [2.24, 2.45) is 0 Å². The van der Waals surface area contributed by atoms with E-state index in [0.29, 0.717) is 11.3 Å². The quantitative estimate of drug-likeness (QED) is 0.592. The van der Waals surface area contributed by atoms with Crippen LogP contribution in [0.3, 0.4) is 0 Å². The van der Waals surface area contributed by atoms with Crippen molar-refractivity contribution in [1.29, 1.82) is 0 Å². The van der Waals surface area contributed by atoms with Gasteiger partial charge in [0.15, 0.2) is 0 Å². The first-order chi connectivity index (χ1) is 13.4. The fraction of sp³-hybridized carbons (Fsp3) is 0.167. The van der Waals surface area contributed by atoms with Gasteiger partial charge in [0.25, 0.3) is 15.9 Å². The Hall–Kier alpha value is -2.82. The van der Waals surface area contributed by atoms with Gasteiger partial charge in [0.05, 0.1) is 7.11 Å². The molecular formula is C18H18N4O4S2. The number of methoxy groups -OCH3 is 1. The van der Waals surface area contributed by atoms with Gasteiger partial charge in [-0.05, 0) is 29.8 Å². The highest BCUT2D eigenvalue weighted by Gasteiger charge is 2.26. The van der Waals surface area contributed by atoms with E-state index in [0.717, 1.165) is 16.9 Å². The number of hydrogen-bond acceptors (Lipinski definition) is 7. The zero-order valence-electron chi connectivity index (χ0n) is 15.2. The number of hydrogen-bond donors (Lipinski definition) is 1. The van der Waals surface area contributed by atoms with Crippen molar-refractivity contribution in [1.82, 2.24) is 14.5 Å². The molecule has 0 atom stereocenters. The zero-order chi connectivity index (χ0) is 20.1. The molecule has 1 aromatic heterocycles. The van der Waals surface area contributed by atoms with Crippen LogP contribution in [-0.2, 0) is 16.6 Å². The molecule has 1 heterocycles. The van der Waals surface area contributed by atoms with E-state index >= 15 is 0 Å². The van der Waals surface area contributed by atoms with Gasteiger partial charge in [-0.2, -0.15) is 4.31 Å². The maximum Gasteiger partial charge on any atom is 0.272 e. The molecule has 3 rings (SSSR count). The topological polar surface area (TPSA) is 101 Å². The summed E-state index contributed by atoms with van der Waals surface area (Å²) in [6, 6.07) is 15.7. The molecule has 3 aromatic rings. The molecule has 0 aliphatic rings. The number of rotatable bonds is 7. The van der Waals surface area contributed by atoms with Gasteiger partial charge in [0.1, 0.15) is 5.75 Å². The first-order valence-electron chi connectivity index (χ1n) is 8.19. The standard InChI is InChI=1S/C18H18N4O4S2/c1-22(12-13-8-10-15(26-2)11-9-13)28(24,25)18-21-20-17(27-18)19-16(23)14-6-4-3-5-7-14/h3-11H,12H2,1-2H3,(H,19,20,23). The van der Waals surface area contributed by atoms with Crippen LogP contribution in [0.5, 0.6) is 5.75 Å². The minimum absolute atomic E-state index is 0.116. The summed E-state index contributed by atoms with van der Waals surface area (Å²) >= 11 is 0.804. The van der Waals surface area contributed by atoms with E-state index in [1.54, 1.807) is 61.7 Å². The lowest BCUT2D eigenvalue weighted by molar-refractivity contribution is 0.102. The molecule has 0 radical (unpaired) electrons. The van der Waals surface area contributed by atoms with E-state index in [1.807, 2.05) is 0 Å². The van der Waals surface area contributed by atoms with Gasteiger partial charge in [0.2, 0.25) is 9.47 Å². The first kappa shape index (κ1) is 19.9. The van der Waals surface area contributed by atoms with Crippen LogP contribution in [0.2, 0.25) is 0 Å². The SMILES string of the molecule is COc1ccc(CN(C)S(=O)(=O)c2nnc(NC(=O)c3ccccc3)s2)cc1. The molecular weight excluding hydrogens is 400 g/mol. The zero-order valence-corrected chi connectivity index (χ0v) is 16.8. The van der Waals surface area contributed by atoms with Crippen molar-refractivity contribution >= 4 is 32.4 Å². The second-order valence-electron chi connectivity index (χ2n) is 5.80. The molecule has 0 fully saturated rings. The lowest BCUT2D eigenvalue weighted by Gasteiger charge is -2.15. The number of nitrogens with zero attached hydrogens (tertiary/aromatic N) is 3. The number of anilines is 1. The lowest BCUT2D eigenvalue weighted by atomic mass is 10.2. The number of carbonyl (C=O) groups is 1. The molecule has 1 N–H and O–H groups in total. The van der Waals surface area contributed by atoms with Crippen LogP contribution in [0.1, 0.15) is 15.9 Å². The highest BCUT2D eigenvalue weighted by Crippen LogP contribution is 2.24. The Morgan fingerprint density at radius 3 is 2.43 bits per heavy atom. The lowest BCUT2D eigenvalue weighted by Crippen LogP contribution is -2.26. The van der Waals surface area contributed by atoms with Crippen molar-refractivity contribution in [3.63, 3.8) is 0 Å². The van der Waals surface area contributed by atoms with Gasteiger partial charge in [-0.3, -0.25) is 10.1 Å². The summed E-state index contributed by atoms with van der Waals surface area (Å²) in [5, 5.41) is 10.2. The summed E-state index contributed by atoms with van der Waals surface area (Å²) in [6.07, 6.45) is 0. The molecule has 0 saturated heterocycles. The molecule has 0 spiro atoms. The van der Waals surface area contributed by atoms with Crippen molar-refractivity contribution in [3.05, 3.63) is 65.7 Å². The van der Waals surface area contributed by atoms with E-state index in [2.05, 4.69) is 15.5 Å². The second kappa shape index (κ2) is 8.46. The molecule has 146 valence electrons. The molecule has 0 aliphatic heterocycles. The van der Waals surface area contributed by atoms with Crippen LogP contribution in [0, 0.1) is 0 Å². The summed E-state index contributed by atoms with van der Waals surface area (Å²) in [4.78, 5) is 12.2. The molecule has 28 heavy (non-hydrogen) atoms. The summed E-state index contributed by atoms with van der Waals surface area (Å²) in [5.41, 5.74) is 1.24. The van der Waals surface area contributed by atoms with Gasteiger partial charge >= 0.3 is 0 Å². The normalized spacial score (nSPS) is 11.4. The highest BCUT2D eigenvalue weighted by molar-refractivity contribution is 7.91. The van der Waals surface area contributed by atoms with Crippen molar-refractivity contribution in [2.75, 3.05) is 19.5 Å². The summed E-state index contributed by atoms with van der Waals surface area (Å²) in [5.74, 6) is 0.310. The highest BCUT2D eigenvalue weighted by atomic mass is 32.2. The maximum atomic E-state index is 12.7. The van der Waals surface area contributed by atoms with E-state index in [4.69, 9.17) is 4.74 Å². The third kappa shape index (κ3) is 4.53. The van der Waals surface area contributed by atoms with Gasteiger partial charge in [-0.1, -0.05) is 41.7 Å². The number of ether oxygens (including phenoxy) is 1. The number of amides is 1. The molecule has 1 amide bonds. The molecule has 0 saturated carbocycles. The number of sulfonamides is 1. The third-order valence-electron chi connectivity index (χ3n) is 3.86. The average Bonchev–Trinajstić information content (AvgIpc) is 3.18. The molecule has 8 nitrogen and oxygen atoms in total. The minimum Gasteiger partial charge on any atom is -0.497 e. The van der Waals surface area contributed by atoms with Crippen molar-refractivity contribution < 1.29 is 17.9 Å². The average molecular weight is 419 g/mol. The number of carbonyl (C=O) groups excluding carboxylic acids is 1. The first-order valence-corrected chi connectivity index (χ1v) is 10.4. The smallest absolute Gasteiger partial charge is 0.272 e. The Balaban J connectivity index is 1.70. The Morgan fingerprint density at radius 1 is 1.11 bits per heavy atom. The summed E-state index contributed by atoms with van der Waals surface area (Å²) in [7, 11) is -0.811. The molecule has 0 aliphatic carbocycles. The maximum absolute atomic E-state index is 12.7. The minimum atomic E-state index is -3.84. The predicted octanol–water partition coefficient (Wildman–Crippen LogP) is 2.62. The number of benzene rings is 2.